The number of carboxylic acid groups (broad SMARTS) is 1. The summed E-state index contributed by atoms with van der Waals surface area (Å²) in [6.45, 7) is 7.00. The van der Waals surface area contributed by atoms with E-state index < -0.39 is 6.09 Å². The van der Waals surface area contributed by atoms with Gasteiger partial charge in [-0.1, -0.05) is 0 Å². The Labute approximate surface area is 91.4 Å². The number of piperidine rings is 1. The molecule has 0 aromatic heterocycles. The number of amides is 1. The molecule has 1 aliphatic heterocycles. The number of hydrogen-bond acceptors (Lipinski definition) is 3. The van der Waals surface area contributed by atoms with Crippen molar-refractivity contribution >= 4 is 6.09 Å². The van der Waals surface area contributed by atoms with Crippen molar-refractivity contribution in [3.63, 3.8) is 0 Å². The van der Waals surface area contributed by atoms with Crippen LogP contribution in [0.3, 0.4) is 0 Å². The molecule has 1 saturated heterocycles. The van der Waals surface area contributed by atoms with Gasteiger partial charge in [0.05, 0.1) is 12.1 Å². The quantitative estimate of drug-likeness (QED) is 0.607. The lowest BCUT2D eigenvalue weighted by molar-refractivity contribution is -0.926. The number of methoxy groups -OCH3 is 1. The summed E-state index contributed by atoms with van der Waals surface area (Å²) in [5.74, 6) is 0. The lowest BCUT2D eigenvalue weighted by atomic mass is 9.95. The molecular formula is C11H21NO3. The van der Waals surface area contributed by atoms with E-state index in [0.29, 0.717) is 13.1 Å². The van der Waals surface area contributed by atoms with E-state index in [1.165, 1.54) is 0 Å². The first-order chi connectivity index (χ1) is 6.83. The average Bonchev–Trinajstić information content (AvgIpc) is 2.16. The van der Waals surface area contributed by atoms with Crippen LogP contribution < -0.4 is 5.11 Å². The number of carbonyl (C=O) groups is 1. The van der Waals surface area contributed by atoms with Crippen LogP contribution in [0, 0.1) is 0 Å². The molecule has 15 heavy (non-hydrogen) atoms. The number of hydrogen-bond donors (Lipinski definition) is 0. The fourth-order valence-corrected chi connectivity index (χ4v) is 2.36. The predicted molar refractivity (Wildman–Crippen MR) is 55.2 cm³/mol. The van der Waals surface area contributed by atoms with Gasteiger partial charge >= 0.3 is 0 Å². The molecule has 0 bridgehead atoms. The summed E-state index contributed by atoms with van der Waals surface area (Å²) in [6, 6.07) is 0. The SMILES string of the molecule is CO[C@@H]1CCC[N+](C(=O)[O-])(C(C)(C)C)C1. The maximum absolute atomic E-state index is 11.4. The lowest BCUT2D eigenvalue weighted by Crippen LogP contribution is -2.71. The first-order valence-electron chi connectivity index (χ1n) is 5.45. The zero-order chi connectivity index (χ0) is 11.7. The fraction of sp³-hybridized carbons (Fsp3) is 0.909. The number of rotatable bonds is 1. The molecule has 0 radical (unpaired) electrons. The third kappa shape index (κ3) is 2.16. The maximum Gasteiger partial charge on any atom is 0.257 e. The van der Waals surface area contributed by atoms with Gasteiger partial charge in [-0.2, -0.15) is 0 Å². The second kappa shape index (κ2) is 4.10. The summed E-state index contributed by atoms with van der Waals surface area (Å²) in [7, 11) is 1.64. The van der Waals surface area contributed by atoms with Gasteiger partial charge in [-0.25, -0.2) is 0 Å². The molecule has 1 amide bonds. The molecule has 0 aromatic carbocycles. The Morgan fingerprint density at radius 2 is 2.07 bits per heavy atom. The Balaban J connectivity index is 2.96. The van der Waals surface area contributed by atoms with Crippen molar-refractivity contribution in [2.75, 3.05) is 20.2 Å². The van der Waals surface area contributed by atoms with Gasteiger partial charge in [-0.3, -0.25) is 4.48 Å². The Hall–Kier alpha value is -0.610. The monoisotopic (exact) mass is 215 g/mol. The van der Waals surface area contributed by atoms with Gasteiger partial charge in [-0.15, -0.1) is 0 Å². The Kier molecular flexibility index (Phi) is 3.41. The van der Waals surface area contributed by atoms with Crippen LogP contribution in [0.5, 0.6) is 0 Å². The Morgan fingerprint density at radius 1 is 1.47 bits per heavy atom. The van der Waals surface area contributed by atoms with Crippen LogP contribution in [0.4, 0.5) is 4.79 Å². The van der Waals surface area contributed by atoms with Crippen molar-refractivity contribution in [2.24, 2.45) is 0 Å². The van der Waals surface area contributed by atoms with Gasteiger partial charge in [0, 0.05) is 7.11 Å². The molecule has 0 aliphatic carbocycles. The summed E-state index contributed by atoms with van der Waals surface area (Å²) in [5, 5.41) is 11.4. The van der Waals surface area contributed by atoms with Gasteiger partial charge in [0.2, 0.25) is 0 Å². The second-order valence-corrected chi connectivity index (χ2v) is 5.31. The molecule has 2 atom stereocenters. The predicted octanol–water partition coefficient (Wildman–Crippen LogP) is 0.754. The van der Waals surface area contributed by atoms with Crippen molar-refractivity contribution in [1.29, 1.82) is 0 Å². The molecule has 0 saturated carbocycles. The molecule has 0 N–H and O–H groups in total. The van der Waals surface area contributed by atoms with Crippen LogP contribution in [-0.4, -0.2) is 42.4 Å². The van der Waals surface area contributed by atoms with Crippen LogP contribution in [0.1, 0.15) is 33.6 Å². The molecule has 0 aromatic rings. The molecule has 1 unspecified atom stereocenters. The first-order valence-corrected chi connectivity index (χ1v) is 5.45. The lowest BCUT2D eigenvalue weighted by Gasteiger charge is -2.51. The van der Waals surface area contributed by atoms with Gasteiger partial charge in [0.15, 0.2) is 0 Å². The van der Waals surface area contributed by atoms with Crippen molar-refractivity contribution in [2.45, 2.75) is 45.3 Å². The fourth-order valence-electron chi connectivity index (χ4n) is 2.36. The van der Waals surface area contributed by atoms with Crippen molar-refractivity contribution in [3.05, 3.63) is 0 Å². The van der Waals surface area contributed by atoms with Crippen molar-refractivity contribution in [1.82, 2.24) is 0 Å². The molecule has 1 rings (SSSR count). The molecule has 1 aliphatic rings. The Bertz CT molecular complexity index is 247. The van der Waals surface area contributed by atoms with E-state index in [1.54, 1.807) is 7.11 Å². The van der Waals surface area contributed by atoms with E-state index in [4.69, 9.17) is 4.74 Å². The summed E-state index contributed by atoms with van der Waals surface area (Å²) < 4.78 is 5.29. The number of ether oxygens (including phenoxy) is 1. The van der Waals surface area contributed by atoms with Crippen molar-refractivity contribution in [3.8, 4) is 0 Å². The van der Waals surface area contributed by atoms with E-state index in [9.17, 15) is 9.90 Å². The summed E-state index contributed by atoms with van der Waals surface area (Å²) in [4.78, 5) is 11.4. The normalized spacial score (nSPS) is 32.7. The van der Waals surface area contributed by atoms with E-state index in [-0.39, 0.29) is 16.1 Å². The van der Waals surface area contributed by atoms with Crippen LogP contribution in [-0.2, 0) is 4.74 Å². The summed E-state index contributed by atoms with van der Waals surface area (Å²) in [6.07, 6.45) is 0.879. The Morgan fingerprint density at radius 3 is 2.47 bits per heavy atom. The standard InChI is InChI=1S/C11H21NO3/c1-11(2,3)12(10(13)14)7-5-6-9(8-12)15-4/h9H,5-8H2,1-4H3/t9-,12?/m1/s1. The maximum atomic E-state index is 11.4. The number of likely N-dealkylation sites (tertiary alicyclic amines) is 1. The third-order valence-corrected chi connectivity index (χ3v) is 3.55. The molecule has 1 fully saturated rings. The summed E-state index contributed by atoms with van der Waals surface area (Å²) >= 11 is 0. The zero-order valence-electron chi connectivity index (χ0n) is 10.1. The number of carbonyl (C=O) groups excluding carboxylic acids is 1. The molecule has 4 heteroatoms. The number of quaternary nitrogens is 1. The van der Waals surface area contributed by atoms with Gasteiger partial charge in [-0.05, 0) is 33.6 Å². The van der Waals surface area contributed by atoms with Crippen LogP contribution in [0.25, 0.3) is 0 Å². The highest BCUT2D eigenvalue weighted by molar-refractivity contribution is 5.54. The molecule has 4 nitrogen and oxygen atoms in total. The van der Waals surface area contributed by atoms with Crippen LogP contribution in [0.2, 0.25) is 0 Å². The first kappa shape index (κ1) is 12.5. The van der Waals surface area contributed by atoms with Crippen LogP contribution >= 0.6 is 0 Å². The van der Waals surface area contributed by atoms with Gasteiger partial charge in [0.1, 0.15) is 12.6 Å². The highest BCUT2D eigenvalue weighted by atomic mass is 16.5. The van der Waals surface area contributed by atoms with Gasteiger partial charge in [0.25, 0.3) is 6.09 Å². The summed E-state index contributed by atoms with van der Waals surface area (Å²) in [5.41, 5.74) is -0.337. The minimum Gasteiger partial charge on any atom is -0.498 e. The minimum absolute atomic E-state index is 0.00546. The van der Waals surface area contributed by atoms with Gasteiger partial charge < -0.3 is 14.6 Å². The number of nitrogens with zero attached hydrogens (tertiary/aromatic N) is 1. The van der Waals surface area contributed by atoms with Crippen molar-refractivity contribution < 1.29 is 19.1 Å². The zero-order valence-corrected chi connectivity index (χ0v) is 10.1. The average molecular weight is 215 g/mol. The smallest absolute Gasteiger partial charge is 0.257 e. The second-order valence-electron chi connectivity index (χ2n) is 5.31. The molecule has 88 valence electrons. The topological polar surface area (TPSA) is 49.4 Å². The minimum atomic E-state index is -0.982. The third-order valence-electron chi connectivity index (χ3n) is 3.55. The van der Waals surface area contributed by atoms with E-state index >= 15 is 0 Å². The largest absolute Gasteiger partial charge is 0.498 e. The molecule has 1 heterocycles. The highest BCUT2D eigenvalue weighted by Gasteiger charge is 2.46. The molecule has 0 spiro atoms. The van der Waals surface area contributed by atoms with E-state index in [2.05, 4.69) is 0 Å². The van der Waals surface area contributed by atoms with E-state index in [1.807, 2.05) is 20.8 Å². The van der Waals surface area contributed by atoms with Crippen LogP contribution in [0.15, 0.2) is 0 Å². The van der Waals surface area contributed by atoms with E-state index in [0.717, 1.165) is 12.8 Å². The molecular weight excluding hydrogens is 194 g/mol. The highest BCUT2D eigenvalue weighted by Crippen LogP contribution is 2.30.